The Morgan fingerprint density at radius 3 is 2.72 bits per heavy atom. The summed E-state index contributed by atoms with van der Waals surface area (Å²) in [6, 6.07) is 4.82. The fourth-order valence-electron chi connectivity index (χ4n) is 1.39. The summed E-state index contributed by atoms with van der Waals surface area (Å²) in [5.74, 6) is -0.324. The van der Waals surface area contributed by atoms with Crippen molar-refractivity contribution < 1.29 is 24.6 Å². The third kappa shape index (κ3) is 3.38. The van der Waals surface area contributed by atoms with Gasteiger partial charge in [-0.25, -0.2) is 4.79 Å². The van der Waals surface area contributed by atoms with Gasteiger partial charge in [0.2, 0.25) is 0 Å². The van der Waals surface area contributed by atoms with Crippen LogP contribution in [0.5, 0.6) is 11.5 Å². The molecule has 0 aliphatic heterocycles. The summed E-state index contributed by atoms with van der Waals surface area (Å²) >= 11 is 0. The van der Waals surface area contributed by atoms with E-state index in [2.05, 4.69) is 5.16 Å². The zero-order valence-electron chi connectivity index (χ0n) is 10.2. The molecule has 6 heteroatoms. The van der Waals surface area contributed by atoms with Crippen LogP contribution in [0.2, 0.25) is 0 Å². The minimum absolute atomic E-state index is 0.296. The van der Waals surface area contributed by atoms with Gasteiger partial charge in [-0.05, 0) is 24.6 Å². The van der Waals surface area contributed by atoms with Crippen LogP contribution in [0.15, 0.2) is 23.4 Å². The quantitative estimate of drug-likeness (QED) is 0.458. The SMILES string of the molecule is CCC(Oc1cc(/C=N/O)ccc1OC)C(=O)O. The highest BCUT2D eigenvalue weighted by Crippen LogP contribution is 2.29. The molecule has 1 aromatic carbocycles. The molecule has 0 amide bonds. The Bertz CT molecular complexity index is 444. The Labute approximate surface area is 104 Å². The van der Waals surface area contributed by atoms with Gasteiger partial charge in [-0.15, -0.1) is 0 Å². The zero-order valence-corrected chi connectivity index (χ0v) is 10.2. The van der Waals surface area contributed by atoms with Gasteiger partial charge in [0.15, 0.2) is 17.6 Å². The number of carboxylic acids is 1. The van der Waals surface area contributed by atoms with Crippen LogP contribution in [0, 0.1) is 0 Å². The lowest BCUT2D eigenvalue weighted by Gasteiger charge is -2.16. The summed E-state index contributed by atoms with van der Waals surface area (Å²) in [7, 11) is 1.46. The molecular weight excluding hydrogens is 238 g/mol. The van der Waals surface area contributed by atoms with Gasteiger partial charge in [-0.2, -0.15) is 0 Å². The highest BCUT2D eigenvalue weighted by molar-refractivity contribution is 5.80. The fourth-order valence-corrected chi connectivity index (χ4v) is 1.39. The van der Waals surface area contributed by atoms with Gasteiger partial charge >= 0.3 is 5.97 Å². The molecule has 0 aliphatic carbocycles. The maximum atomic E-state index is 10.9. The third-order valence-corrected chi connectivity index (χ3v) is 2.31. The average Bonchev–Trinajstić information content (AvgIpc) is 2.36. The first-order valence-corrected chi connectivity index (χ1v) is 5.37. The van der Waals surface area contributed by atoms with Gasteiger partial charge in [0.25, 0.3) is 0 Å². The first-order chi connectivity index (χ1) is 8.62. The molecule has 0 aromatic heterocycles. The standard InChI is InChI=1S/C12H15NO5/c1-3-9(12(14)15)18-11-6-8(7-13-16)4-5-10(11)17-2/h4-7,9,16H,3H2,1-2H3,(H,14,15)/b13-7+. The predicted octanol–water partition coefficient (Wildman–Crippen LogP) is 1.75. The molecule has 0 radical (unpaired) electrons. The van der Waals surface area contributed by atoms with E-state index in [1.54, 1.807) is 25.1 Å². The summed E-state index contributed by atoms with van der Waals surface area (Å²) in [5, 5.41) is 20.3. The molecule has 0 bridgehead atoms. The number of rotatable bonds is 6. The fraction of sp³-hybridized carbons (Fsp3) is 0.333. The molecule has 0 heterocycles. The van der Waals surface area contributed by atoms with Crippen molar-refractivity contribution in [2.45, 2.75) is 19.4 Å². The van der Waals surface area contributed by atoms with Gasteiger partial charge in [-0.1, -0.05) is 12.1 Å². The second kappa shape index (κ2) is 6.48. The average molecular weight is 253 g/mol. The van der Waals surface area contributed by atoms with E-state index in [1.165, 1.54) is 13.3 Å². The predicted molar refractivity (Wildman–Crippen MR) is 64.7 cm³/mol. The lowest BCUT2D eigenvalue weighted by Crippen LogP contribution is -2.26. The lowest BCUT2D eigenvalue weighted by molar-refractivity contribution is -0.145. The van der Waals surface area contributed by atoms with Crippen molar-refractivity contribution in [3.8, 4) is 11.5 Å². The third-order valence-electron chi connectivity index (χ3n) is 2.31. The topological polar surface area (TPSA) is 88.4 Å². The number of ether oxygens (including phenoxy) is 2. The lowest BCUT2D eigenvalue weighted by atomic mass is 10.2. The molecule has 1 unspecified atom stereocenters. The summed E-state index contributed by atoms with van der Waals surface area (Å²) < 4.78 is 10.4. The van der Waals surface area contributed by atoms with Crippen LogP contribution < -0.4 is 9.47 Å². The van der Waals surface area contributed by atoms with Gasteiger partial charge in [-0.3, -0.25) is 0 Å². The molecule has 0 saturated carbocycles. The van der Waals surface area contributed by atoms with Crippen LogP contribution >= 0.6 is 0 Å². The Morgan fingerprint density at radius 2 is 2.22 bits per heavy atom. The van der Waals surface area contributed by atoms with Crippen molar-refractivity contribution in [1.82, 2.24) is 0 Å². The van der Waals surface area contributed by atoms with E-state index >= 15 is 0 Å². The molecule has 1 rings (SSSR count). The molecule has 0 fully saturated rings. The van der Waals surface area contributed by atoms with Crippen LogP contribution in [0.25, 0.3) is 0 Å². The van der Waals surface area contributed by atoms with Crippen LogP contribution in [-0.2, 0) is 4.79 Å². The van der Waals surface area contributed by atoms with Gasteiger partial charge in [0.05, 0.1) is 13.3 Å². The normalized spacial score (nSPS) is 12.3. The summed E-state index contributed by atoms with van der Waals surface area (Å²) in [6.45, 7) is 1.71. The highest BCUT2D eigenvalue weighted by Gasteiger charge is 2.19. The number of nitrogens with zero attached hydrogens (tertiary/aromatic N) is 1. The van der Waals surface area contributed by atoms with Crippen molar-refractivity contribution in [3.05, 3.63) is 23.8 Å². The first kappa shape index (κ1) is 13.8. The first-order valence-electron chi connectivity index (χ1n) is 5.37. The second-order valence-electron chi connectivity index (χ2n) is 3.51. The van der Waals surface area contributed by atoms with Crippen molar-refractivity contribution in [2.24, 2.45) is 5.16 Å². The molecule has 2 N–H and O–H groups in total. The number of carbonyl (C=O) groups is 1. The Morgan fingerprint density at radius 1 is 1.50 bits per heavy atom. The molecular formula is C12H15NO5. The van der Waals surface area contributed by atoms with E-state index in [9.17, 15) is 4.79 Å². The monoisotopic (exact) mass is 253 g/mol. The number of hydrogen-bond acceptors (Lipinski definition) is 5. The van der Waals surface area contributed by atoms with Crippen molar-refractivity contribution in [3.63, 3.8) is 0 Å². The van der Waals surface area contributed by atoms with Crippen molar-refractivity contribution in [2.75, 3.05) is 7.11 Å². The number of hydrogen-bond donors (Lipinski definition) is 2. The largest absolute Gasteiger partial charge is 0.493 e. The molecule has 0 aliphatic rings. The molecule has 6 nitrogen and oxygen atoms in total. The molecule has 18 heavy (non-hydrogen) atoms. The van der Waals surface area contributed by atoms with E-state index in [-0.39, 0.29) is 0 Å². The van der Waals surface area contributed by atoms with E-state index in [1.807, 2.05) is 0 Å². The summed E-state index contributed by atoms with van der Waals surface area (Å²) in [5.41, 5.74) is 0.577. The van der Waals surface area contributed by atoms with Gasteiger partial charge in [0.1, 0.15) is 0 Å². The molecule has 0 saturated heterocycles. The van der Waals surface area contributed by atoms with E-state index in [0.29, 0.717) is 23.5 Å². The van der Waals surface area contributed by atoms with Gasteiger partial charge < -0.3 is 19.8 Å². The Hall–Kier alpha value is -2.24. The number of oxime groups is 1. The van der Waals surface area contributed by atoms with Crippen molar-refractivity contribution >= 4 is 12.2 Å². The van der Waals surface area contributed by atoms with Crippen LogP contribution in [0.4, 0.5) is 0 Å². The van der Waals surface area contributed by atoms with Gasteiger partial charge in [0, 0.05) is 5.56 Å². The number of carboxylic acid groups (broad SMARTS) is 1. The van der Waals surface area contributed by atoms with E-state index in [4.69, 9.17) is 19.8 Å². The van der Waals surface area contributed by atoms with E-state index in [0.717, 1.165) is 0 Å². The Kier molecular flexibility index (Phi) is 4.98. The molecule has 1 atom stereocenters. The van der Waals surface area contributed by atoms with Crippen LogP contribution in [0.1, 0.15) is 18.9 Å². The highest BCUT2D eigenvalue weighted by atomic mass is 16.5. The van der Waals surface area contributed by atoms with Crippen LogP contribution in [0.3, 0.4) is 0 Å². The minimum Gasteiger partial charge on any atom is -0.493 e. The number of aliphatic carboxylic acids is 1. The molecule has 0 spiro atoms. The maximum Gasteiger partial charge on any atom is 0.344 e. The maximum absolute atomic E-state index is 10.9. The van der Waals surface area contributed by atoms with Crippen LogP contribution in [-0.4, -0.2) is 35.7 Å². The summed E-state index contributed by atoms with van der Waals surface area (Å²) in [6.07, 6.45) is 0.602. The zero-order chi connectivity index (χ0) is 13.5. The number of methoxy groups -OCH3 is 1. The van der Waals surface area contributed by atoms with Crippen molar-refractivity contribution in [1.29, 1.82) is 0 Å². The Balaban J connectivity index is 3.03. The smallest absolute Gasteiger partial charge is 0.344 e. The summed E-state index contributed by atoms with van der Waals surface area (Å²) in [4.78, 5) is 10.9. The second-order valence-corrected chi connectivity index (χ2v) is 3.51. The molecule has 98 valence electrons. The minimum atomic E-state index is -1.04. The van der Waals surface area contributed by atoms with E-state index < -0.39 is 12.1 Å². The number of benzene rings is 1. The molecule has 1 aromatic rings.